The van der Waals surface area contributed by atoms with E-state index in [1.54, 1.807) is 0 Å². The van der Waals surface area contributed by atoms with E-state index in [0.717, 1.165) is 48.1 Å². The van der Waals surface area contributed by atoms with Gasteiger partial charge in [-0.15, -0.1) is 0 Å². The summed E-state index contributed by atoms with van der Waals surface area (Å²) in [4.78, 5) is 11.4. The molecule has 0 aromatic carbocycles. The smallest absolute Gasteiger partial charge is 0.318 e. The molecule has 1 fully saturated rings. The molecule has 0 atom stereocenters. The van der Waals surface area contributed by atoms with Crippen LogP contribution in [0, 0.1) is 11.3 Å². The fourth-order valence-electron chi connectivity index (χ4n) is 3.90. The second kappa shape index (κ2) is 11.0. The van der Waals surface area contributed by atoms with Crippen molar-refractivity contribution in [2.45, 2.75) is 72.1 Å². The van der Waals surface area contributed by atoms with E-state index in [1.165, 1.54) is 45.3 Å². The van der Waals surface area contributed by atoms with Gasteiger partial charge in [0, 0.05) is 17.6 Å². The van der Waals surface area contributed by atoms with Gasteiger partial charge in [0.1, 0.15) is 5.82 Å². The summed E-state index contributed by atoms with van der Waals surface area (Å²) >= 11 is 0. The standard InChI is InChI=1S/C21H31N5O.CH4/c1-2-3-13-27-21-24-19-17(16(15-22)14-18(19)20(23)25-21)9-5-4-6-10-26-11-7-8-12-26;/h2-14H2,1H3,(H2,23,24,25);1H4. The normalized spacial score (nSPS) is 16.0. The SMILES string of the molecule is C.CCCCOc1nc(N)c2c(n1)C(CCCCCN1CCCC1)=C(C#N)C2. The number of nitrogen functional groups attached to an aromatic ring is 1. The minimum Gasteiger partial charge on any atom is -0.463 e. The zero-order valence-electron chi connectivity index (χ0n) is 16.5. The van der Waals surface area contributed by atoms with Crippen LogP contribution in [0.2, 0.25) is 0 Å². The van der Waals surface area contributed by atoms with Gasteiger partial charge in [-0.05, 0) is 63.7 Å². The number of rotatable bonds is 10. The molecule has 3 rings (SSSR count). The minimum atomic E-state index is 0. The van der Waals surface area contributed by atoms with Crippen LogP contribution < -0.4 is 10.5 Å². The van der Waals surface area contributed by atoms with E-state index in [1.807, 2.05) is 0 Å². The Morgan fingerprint density at radius 2 is 1.93 bits per heavy atom. The fourth-order valence-corrected chi connectivity index (χ4v) is 3.90. The van der Waals surface area contributed by atoms with E-state index in [4.69, 9.17) is 10.5 Å². The van der Waals surface area contributed by atoms with Crippen LogP contribution in [0.4, 0.5) is 5.82 Å². The highest BCUT2D eigenvalue weighted by molar-refractivity contribution is 5.79. The summed E-state index contributed by atoms with van der Waals surface area (Å²) < 4.78 is 5.66. The average Bonchev–Trinajstić information content (AvgIpc) is 3.30. The first-order valence-corrected chi connectivity index (χ1v) is 10.4. The molecule has 6 heteroatoms. The maximum atomic E-state index is 9.55. The average molecular weight is 386 g/mol. The highest BCUT2D eigenvalue weighted by Crippen LogP contribution is 2.37. The molecule has 6 nitrogen and oxygen atoms in total. The number of anilines is 1. The zero-order chi connectivity index (χ0) is 19.1. The summed E-state index contributed by atoms with van der Waals surface area (Å²) in [6.45, 7) is 6.42. The lowest BCUT2D eigenvalue weighted by Crippen LogP contribution is -2.20. The summed E-state index contributed by atoms with van der Waals surface area (Å²) in [6.07, 6.45) is 9.61. The molecule has 2 N–H and O–H groups in total. The summed E-state index contributed by atoms with van der Waals surface area (Å²) in [7, 11) is 0. The first-order valence-electron chi connectivity index (χ1n) is 10.4. The van der Waals surface area contributed by atoms with Crippen molar-refractivity contribution in [3.05, 3.63) is 16.8 Å². The molecule has 1 aliphatic heterocycles. The van der Waals surface area contributed by atoms with Crippen LogP contribution in [0.3, 0.4) is 0 Å². The Morgan fingerprint density at radius 3 is 2.64 bits per heavy atom. The van der Waals surface area contributed by atoms with Crippen molar-refractivity contribution in [3.8, 4) is 12.1 Å². The van der Waals surface area contributed by atoms with Crippen LogP contribution in [0.25, 0.3) is 5.57 Å². The Morgan fingerprint density at radius 1 is 1.14 bits per heavy atom. The Kier molecular flexibility index (Phi) is 8.72. The number of hydrogen-bond acceptors (Lipinski definition) is 6. The number of likely N-dealkylation sites (tertiary alicyclic amines) is 1. The molecule has 1 saturated heterocycles. The molecule has 0 spiro atoms. The number of unbranched alkanes of at least 4 members (excludes halogenated alkanes) is 3. The van der Waals surface area contributed by atoms with Crippen LogP contribution in [0.1, 0.15) is 77.0 Å². The number of hydrogen-bond donors (Lipinski definition) is 1. The van der Waals surface area contributed by atoms with Crippen LogP contribution in [0.15, 0.2) is 5.57 Å². The van der Waals surface area contributed by atoms with Gasteiger partial charge in [0.25, 0.3) is 0 Å². The third-order valence-corrected chi connectivity index (χ3v) is 5.49. The molecule has 0 saturated carbocycles. The van der Waals surface area contributed by atoms with Crippen molar-refractivity contribution < 1.29 is 4.74 Å². The van der Waals surface area contributed by atoms with Crippen molar-refractivity contribution >= 4 is 11.4 Å². The Hall–Kier alpha value is -2.13. The van der Waals surface area contributed by atoms with Gasteiger partial charge >= 0.3 is 6.01 Å². The third kappa shape index (κ3) is 5.45. The van der Waals surface area contributed by atoms with Crippen molar-refractivity contribution in [3.63, 3.8) is 0 Å². The monoisotopic (exact) mass is 385 g/mol. The zero-order valence-corrected chi connectivity index (χ0v) is 16.5. The Bertz CT molecular complexity index is 716. The number of nitrogens with two attached hydrogens (primary N) is 1. The predicted octanol–water partition coefficient (Wildman–Crippen LogP) is 4.36. The second-order valence-corrected chi connectivity index (χ2v) is 7.53. The number of ether oxygens (including phenoxy) is 1. The molecule has 1 aliphatic carbocycles. The third-order valence-electron chi connectivity index (χ3n) is 5.49. The molecule has 0 radical (unpaired) electrons. The molecule has 0 bridgehead atoms. The molecule has 1 aromatic heterocycles. The quantitative estimate of drug-likeness (QED) is 0.602. The van der Waals surface area contributed by atoms with E-state index in [0.29, 0.717) is 24.9 Å². The molecule has 28 heavy (non-hydrogen) atoms. The molecule has 0 amide bonds. The molecular weight excluding hydrogens is 350 g/mol. The van der Waals surface area contributed by atoms with Crippen molar-refractivity contribution in [2.24, 2.45) is 0 Å². The van der Waals surface area contributed by atoms with Crippen LogP contribution in [-0.4, -0.2) is 41.1 Å². The summed E-state index contributed by atoms with van der Waals surface area (Å²) in [5.74, 6) is 0.447. The van der Waals surface area contributed by atoms with Gasteiger partial charge in [0.2, 0.25) is 0 Å². The summed E-state index contributed by atoms with van der Waals surface area (Å²) in [6, 6.07) is 2.69. The van der Waals surface area contributed by atoms with Gasteiger partial charge in [-0.3, -0.25) is 0 Å². The lowest BCUT2D eigenvalue weighted by atomic mass is 10.0. The highest BCUT2D eigenvalue weighted by atomic mass is 16.5. The highest BCUT2D eigenvalue weighted by Gasteiger charge is 2.26. The van der Waals surface area contributed by atoms with Gasteiger partial charge in [-0.2, -0.15) is 15.2 Å². The van der Waals surface area contributed by atoms with Gasteiger partial charge in [-0.25, -0.2) is 0 Å². The molecule has 0 unspecified atom stereocenters. The molecule has 1 aromatic rings. The van der Waals surface area contributed by atoms with Gasteiger partial charge in [-0.1, -0.05) is 27.2 Å². The van der Waals surface area contributed by atoms with Gasteiger partial charge in [0.15, 0.2) is 0 Å². The summed E-state index contributed by atoms with van der Waals surface area (Å²) in [5, 5.41) is 9.55. The number of fused-ring (bicyclic) bond motifs is 1. The van der Waals surface area contributed by atoms with Crippen LogP contribution in [-0.2, 0) is 6.42 Å². The number of allylic oxidation sites excluding steroid dienone is 2. The van der Waals surface area contributed by atoms with E-state index < -0.39 is 0 Å². The van der Waals surface area contributed by atoms with Crippen molar-refractivity contribution in [1.29, 1.82) is 5.26 Å². The van der Waals surface area contributed by atoms with Gasteiger partial charge < -0.3 is 15.4 Å². The Balaban J connectivity index is 0.00000280. The Labute approximate surface area is 169 Å². The second-order valence-electron chi connectivity index (χ2n) is 7.53. The first-order chi connectivity index (χ1) is 13.2. The molecule has 2 heterocycles. The predicted molar refractivity (Wildman–Crippen MR) is 114 cm³/mol. The summed E-state index contributed by atoms with van der Waals surface area (Å²) in [5.41, 5.74) is 9.69. The number of nitriles is 1. The van der Waals surface area contributed by atoms with Crippen LogP contribution >= 0.6 is 0 Å². The molecule has 2 aliphatic rings. The molecule has 154 valence electrons. The van der Waals surface area contributed by atoms with E-state index in [-0.39, 0.29) is 7.43 Å². The maximum Gasteiger partial charge on any atom is 0.318 e. The lowest BCUT2D eigenvalue weighted by Gasteiger charge is -2.14. The number of aromatic nitrogens is 2. The largest absolute Gasteiger partial charge is 0.463 e. The topological polar surface area (TPSA) is 88.1 Å². The maximum absolute atomic E-state index is 9.55. The minimum absolute atomic E-state index is 0. The fraction of sp³-hybridized carbons (Fsp3) is 0.682. The number of nitrogens with zero attached hydrogens (tertiary/aromatic N) is 4. The van der Waals surface area contributed by atoms with Gasteiger partial charge in [0.05, 0.1) is 18.4 Å². The van der Waals surface area contributed by atoms with E-state index in [9.17, 15) is 5.26 Å². The van der Waals surface area contributed by atoms with E-state index in [2.05, 4.69) is 27.9 Å². The first kappa shape index (κ1) is 22.2. The van der Waals surface area contributed by atoms with Crippen LogP contribution in [0.5, 0.6) is 6.01 Å². The molecular formula is C22H35N5O. The van der Waals surface area contributed by atoms with Crippen molar-refractivity contribution in [1.82, 2.24) is 14.9 Å². The van der Waals surface area contributed by atoms with E-state index >= 15 is 0 Å². The lowest BCUT2D eigenvalue weighted by molar-refractivity contribution is 0.285. The van der Waals surface area contributed by atoms with Crippen molar-refractivity contribution in [2.75, 3.05) is 32.0 Å².